The van der Waals surface area contributed by atoms with E-state index in [-0.39, 0.29) is 34.9 Å². The molecule has 1 saturated heterocycles. The van der Waals surface area contributed by atoms with Gasteiger partial charge >= 0.3 is 33.3 Å². The van der Waals surface area contributed by atoms with Gasteiger partial charge in [0, 0.05) is 6.61 Å². The van der Waals surface area contributed by atoms with Gasteiger partial charge in [-0.05, 0) is 6.42 Å². The molecule has 4 heteroatoms. The van der Waals surface area contributed by atoms with Crippen molar-refractivity contribution in [2.75, 3.05) is 6.61 Å². The van der Waals surface area contributed by atoms with Crippen molar-refractivity contribution in [3.8, 4) is 0 Å². The third-order valence-electron chi connectivity index (χ3n) is 1.39. The van der Waals surface area contributed by atoms with Crippen LogP contribution in [0, 0.1) is 0 Å². The van der Waals surface area contributed by atoms with Crippen molar-refractivity contribution in [2.45, 2.75) is 35.0 Å². The molecule has 1 atom stereocenters. The zero-order valence-corrected chi connectivity index (χ0v) is 13.0. The summed E-state index contributed by atoms with van der Waals surface area (Å²) in [7, 11) is -0.106. The number of hydrogen-bond acceptors (Lipinski definition) is 1. The van der Waals surface area contributed by atoms with Crippen LogP contribution in [0.1, 0.15) is 6.42 Å². The SMILES string of the molecule is C[SiH]1CCCO[SiH2]1.[CH3][Pt]([CH3])[CH3]. The fourth-order valence-electron chi connectivity index (χ4n) is 0.902. The Labute approximate surface area is 80.8 Å². The summed E-state index contributed by atoms with van der Waals surface area (Å²) >= 11 is -0.269. The Kier molecular flexibility index (Phi) is 8.48. The van der Waals surface area contributed by atoms with Crippen LogP contribution in [0.2, 0.25) is 28.5 Å². The van der Waals surface area contributed by atoms with Crippen LogP contribution < -0.4 is 0 Å². The first-order valence-corrected chi connectivity index (χ1v) is 16.6. The van der Waals surface area contributed by atoms with Gasteiger partial charge in [0.25, 0.3) is 0 Å². The Balaban J connectivity index is 0.000000218. The molecular weight excluding hydrogens is 351 g/mol. The molecule has 0 bridgehead atoms. The summed E-state index contributed by atoms with van der Waals surface area (Å²) in [6.07, 6.45) is 1.36. The Morgan fingerprint density at radius 2 is 1.91 bits per heavy atom. The maximum atomic E-state index is 5.38. The predicted octanol–water partition coefficient (Wildman–Crippen LogP) is 1.59. The zero-order valence-electron chi connectivity index (χ0n) is 8.13. The molecule has 1 unspecified atom stereocenters. The van der Waals surface area contributed by atoms with Gasteiger partial charge in [-0.2, -0.15) is 0 Å². The first-order valence-electron chi connectivity index (χ1n) is 3.92. The van der Waals surface area contributed by atoms with Crippen molar-refractivity contribution in [1.29, 1.82) is 0 Å². The minimum absolute atomic E-state index is 0.0718. The first-order chi connectivity index (χ1) is 5.13. The van der Waals surface area contributed by atoms with Gasteiger partial charge in [-0.25, -0.2) is 0 Å². The number of hydrogen-bond donors (Lipinski definition) is 0. The van der Waals surface area contributed by atoms with Crippen LogP contribution in [-0.2, 0) is 21.7 Å². The van der Waals surface area contributed by atoms with Gasteiger partial charge in [0.1, 0.15) is 9.28 Å². The van der Waals surface area contributed by atoms with E-state index in [0.29, 0.717) is 0 Å². The molecule has 0 amide bonds. The Morgan fingerprint density at radius 1 is 1.36 bits per heavy atom. The molecule has 0 radical (unpaired) electrons. The van der Waals surface area contributed by atoms with Crippen molar-refractivity contribution < 1.29 is 21.7 Å². The van der Waals surface area contributed by atoms with Gasteiger partial charge in [-0.1, -0.05) is 12.6 Å². The van der Waals surface area contributed by atoms with E-state index in [4.69, 9.17) is 4.43 Å². The Hall–Kier alpha value is 1.08. The normalized spacial score (nSPS) is 27.3. The van der Waals surface area contributed by atoms with E-state index in [2.05, 4.69) is 22.5 Å². The maximum absolute atomic E-state index is 5.38. The van der Waals surface area contributed by atoms with E-state index in [9.17, 15) is 0 Å². The van der Waals surface area contributed by atoms with Gasteiger partial charge < -0.3 is 4.43 Å². The molecule has 0 aromatic carbocycles. The summed E-state index contributed by atoms with van der Waals surface area (Å²) in [6, 6.07) is 1.56. The van der Waals surface area contributed by atoms with E-state index in [1.807, 2.05) is 0 Å². The molecule has 11 heavy (non-hydrogen) atoms. The minimum atomic E-state index is -0.269. The molecule has 1 rings (SSSR count). The summed E-state index contributed by atoms with van der Waals surface area (Å²) in [5, 5.41) is 6.97. The first kappa shape index (κ1) is 12.1. The van der Waals surface area contributed by atoms with E-state index >= 15 is 0 Å². The summed E-state index contributed by atoms with van der Waals surface area (Å²) in [4.78, 5) is 0. The fourth-order valence-corrected chi connectivity index (χ4v) is 5.78. The summed E-state index contributed by atoms with van der Waals surface area (Å²) < 4.78 is 5.38. The third-order valence-corrected chi connectivity index (χ3v) is 7.51. The molecule has 0 saturated carbocycles. The third kappa shape index (κ3) is 11.1. The van der Waals surface area contributed by atoms with Crippen molar-refractivity contribution in [3.05, 3.63) is 0 Å². The average molecular weight is 372 g/mol. The molecule has 0 spiro atoms. The monoisotopic (exact) mass is 372 g/mol. The second kappa shape index (κ2) is 7.72. The van der Waals surface area contributed by atoms with E-state index in [1.54, 1.807) is 6.04 Å². The van der Waals surface area contributed by atoms with Crippen molar-refractivity contribution >= 4 is 17.6 Å². The summed E-state index contributed by atoms with van der Waals surface area (Å²) in [6.45, 7) is 3.52. The van der Waals surface area contributed by atoms with Crippen LogP contribution in [0.4, 0.5) is 0 Å². The van der Waals surface area contributed by atoms with Crippen molar-refractivity contribution in [1.82, 2.24) is 0 Å². The van der Waals surface area contributed by atoms with Crippen LogP contribution in [0.3, 0.4) is 0 Å². The summed E-state index contributed by atoms with van der Waals surface area (Å²) in [5.74, 6) is 0. The van der Waals surface area contributed by atoms with Crippen LogP contribution in [0.5, 0.6) is 0 Å². The molecule has 1 aliphatic heterocycles. The van der Waals surface area contributed by atoms with Crippen molar-refractivity contribution in [3.63, 3.8) is 0 Å². The molecule has 0 aromatic heterocycles. The Bertz CT molecular complexity index is 81.8. The van der Waals surface area contributed by atoms with E-state index in [0.717, 1.165) is 6.61 Å². The average Bonchev–Trinajstić information content (AvgIpc) is 1.87. The van der Waals surface area contributed by atoms with Crippen LogP contribution in [0.25, 0.3) is 0 Å². The van der Waals surface area contributed by atoms with Gasteiger partial charge in [0.2, 0.25) is 0 Å². The molecule has 1 fully saturated rings. The molecule has 0 aliphatic carbocycles. The second-order valence-electron chi connectivity index (χ2n) is 3.27. The topological polar surface area (TPSA) is 9.23 Å². The van der Waals surface area contributed by atoms with Gasteiger partial charge in [0.15, 0.2) is 0 Å². The molecule has 0 aromatic rings. The van der Waals surface area contributed by atoms with Gasteiger partial charge in [0.05, 0.1) is 8.31 Å². The summed E-state index contributed by atoms with van der Waals surface area (Å²) in [5.41, 5.74) is 0. The number of rotatable bonds is 0. The molecule has 0 N–H and O–H groups in total. The van der Waals surface area contributed by atoms with Crippen LogP contribution in [0.15, 0.2) is 0 Å². The van der Waals surface area contributed by atoms with Crippen molar-refractivity contribution in [2.24, 2.45) is 0 Å². The second-order valence-corrected chi connectivity index (χ2v) is 18.8. The van der Waals surface area contributed by atoms with Crippen LogP contribution in [-0.4, -0.2) is 24.2 Å². The molecule has 1 aliphatic rings. The standard InChI is InChI=1S/C4H12OSi2.3CH3.Pt/c1-7-4-2-3-5-6-7;;;;/h7H,2-4,6H2,1H3;3*1H3;. The Morgan fingerprint density at radius 3 is 2.09 bits per heavy atom. The van der Waals surface area contributed by atoms with Gasteiger partial charge in [-0.3, -0.25) is 0 Å². The van der Waals surface area contributed by atoms with Gasteiger partial charge in [-0.15, -0.1) is 0 Å². The molecular formula is C7H21OPtSi2. The molecule has 73 valence electrons. The van der Waals surface area contributed by atoms with Crippen LogP contribution >= 0.6 is 0 Å². The van der Waals surface area contributed by atoms with E-state index < -0.39 is 0 Å². The quantitative estimate of drug-likeness (QED) is 0.587. The fraction of sp³-hybridized carbons (Fsp3) is 1.00. The molecule has 1 nitrogen and oxygen atoms in total. The zero-order chi connectivity index (χ0) is 8.69. The van der Waals surface area contributed by atoms with E-state index in [1.165, 1.54) is 6.42 Å². The molecule has 1 heterocycles. The predicted molar refractivity (Wildman–Crippen MR) is 54.5 cm³/mol.